The number of piperazine rings is 1. The van der Waals surface area contributed by atoms with Gasteiger partial charge in [-0.05, 0) is 12.5 Å². The molecule has 1 aliphatic heterocycles. The number of ether oxygens (including phenoxy) is 1. The van der Waals surface area contributed by atoms with Gasteiger partial charge >= 0.3 is 0 Å². The molecule has 0 spiro atoms. The molecular weight excluding hydrogens is 314 g/mol. The number of halogens is 1. The van der Waals surface area contributed by atoms with Crippen LogP contribution in [0.5, 0.6) is 0 Å². The van der Waals surface area contributed by atoms with Crippen LogP contribution in [-0.4, -0.2) is 63.4 Å². The SMILES string of the molecule is COCCCS(=O)(=O)N1CCN(c2ccncc2Cl)CC1. The van der Waals surface area contributed by atoms with E-state index in [9.17, 15) is 8.42 Å². The van der Waals surface area contributed by atoms with Gasteiger partial charge in [-0.15, -0.1) is 0 Å². The Morgan fingerprint density at radius 3 is 2.67 bits per heavy atom. The van der Waals surface area contributed by atoms with Gasteiger partial charge in [-0.2, -0.15) is 4.31 Å². The van der Waals surface area contributed by atoms with Crippen LogP contribution in [0.1, 0.15) is 6.42 Å². The number of methoxy groups -OCH3 is 1. The molecule has 1 aliphatic rings. The molecule has 0 radical (unpaired) electrons. The van der Waals surface area contributed by atoms with Gasteiger partial charge in [0.05, 0.1) is 16.5 Å². The van der Waals surface area contributed by atoms with Crippen molar-refractivity contribution < 1.29 is 13.2 Å². The first-order valence-electron chi connectivity index (χ1n) is 6.86. The van der Waals surface area contributed by atoms with E-state index in [-0.39, 0.29) is 5.75 Å². The van der Waals surface area contributed by atoms with E-state index in [0.29, 0.717) is 44.2 Å². The molecule has 21 heavy (non-hydrogen) atoms. The summed E-state index contributed by atoms with van der Waals surface area (Å²) in [5.41, 5.74) is 0.906. The lowest BCUT2D eigenvalue weighted by Gasteiger charge is -2.35. The van der Waals surface area contributed by atoms with Crippen LogP contribution in [0.4, 0.5) is 5.69 Å². The van der Waals surface area contributed by atoms with Crippen LogP contribution in [0.25, 0.3) is 0 Å². The molecule has 118 valence electrons. The number of anilines is 1. The van der Waals surface area contributed by atoms with E-state index in [4.69, 9.17) is 16.3 Å². The zero-order valence-electron chi connectivity index (χ0n) is 12.0. The van der Waals surface area contributed by atoms with Crippen molar-refractivity contribution in [1.29, 1.82) is 0 Å². The first-order chi connectivity index (χ1) is 10.0. The Morgan fingerprint density at radius 2 is 2.05 bits per heavy atom. The van der Waals surface area contributed by atoms with Crippen molar-refractivity contribution in [1.82, 2.24) is 9.29 Å². The summed E-state index contributed by atoms with van der Waals surface area (Å²) in [7, 11) is -1.62. The first-order valence-corrected chi connectivity index (χ1v) is 8.84. The van der Waals surface area contributed by atoms with E-state index >= 15 is 0 Å². The zero-order chi connectivity index (χ0) is 15.3. The van der Waals surface area contributed by atoms with Crippen LogP contribution in [0, 0.1) is 0 Å². The fourth-order valence-electron chi connectivity index (χ4n) is 2.35. The summed E-state index contributed by atoms with van der Waals surface area (Å²) in [5, 5.41) is 0.592. The summed E-state index contributed by atoms with van der Waals surface area (Å²) in [6.07, 6.45) is 3.81. The third kappa shape index (κ3) is 4.29. The summed E-state index contributed by atoms with van der Waals surface area (Å²) in [6.45, 7) is 2.69. The second-order valence-electron chi connectivity index (χ2n) is 4.88. The minimum Gasteiger partial charge on any atom is -0.385 e. The number of aromatic nitrogens is 1. The molecule has 2 heterocycles. The van der Waals surface area contributed by atoms with Crippen molar-refractivity contribution in [3.63, 3.8) is 0 Å². The van der Waals surface area contributed by atoms with Crippen molar-refractivity contribution in [2.75, 3.05) is 50.5 Å². The molecule has 0 unspecified atom stereocenters. The highest BCUT2D eigenvalue weighted by atomic mass is 35.5. The lowest BCUT2D eigenvalue weighted by Crippen LogP contribution is -2.49. The molecule has 0 atom stereocenters. The number of nitrogens with zero attached hydrogens (tertiary/aromatic N) is 3. The van der Waals surface area contributed by atoms with Crippen LogP contribution >= 0.6 is 11.6 Å². The maximum absolute atomic E-state index is 12.2. The fourth-order valence-corrected chi connectivity index (χ4v) is 4.05. The minimum absolute atomic E-state index is 0.136. The molecule has 0 aliphatic carbocycles. The average molecular weight is 334 g/mol. The van der Waals surface area contributed by atoms with E-state index in [0.717, 1.165) is 5.69 Å². The molecule has 1 saturated heterocycles. The van der Waals surface area contributed by atoms with Crippen LogP contribution in [0.3, 0.4) is 0 Å². The highest BCUT2D eigenvalue weighted by Crippen LogP contribution is 2.25. The van der Waals surface area contributed by atoms with E-state index in [2.05, 4.69) is 9.88 Å². The van der Waals surface area contributed by atoms with E-state index < -0.39 is 10.0 Å². The van der Waals surface area contributed by atoms with Crippen molar-refractivity contribution in [2.24, 2.45) is 0 Å². The second kappa shape index (κ2) is 7.40. The topological polar surface area (TPSA) is 62.7 Å². The lowest BCUT2D eigenvalue weighted by molar-refractivity contribution is 0.199. The molecule has 2 rings (SSSR count). The molecule has 0 bridgehead atoms. The quantitative estimate of drug-likeness (QED) is 0.733. The molecule has 0 saturated carbocycles. The Hall–Kier alpha value is -0.890. The van der Waals surface area contributed by atoms with Crippen molar-refractivity contribution >= 4 is 27.3 Å². The number of rotatable bonds is 6. The average Bonchev–Trinajstić information content (AvgIpc) is 2.48. The van der Waals surface area contributed by atoms with Crippen LogP contribution in [0.2, 0.25) is 5.02 Å². The molecule has 6 nitrogen and oxygen atoms in total. The third-order valence-corrected chi connectivity index (χ3v) is 5.72. The Morgan fingerprint density at radius 1 is 1.33 bits per heavy atom. The second-order valence-corrected chi connectivity index (χ2v) is 7.37. The van der Waals surface area contributed by atoms with Crippen molar-refractivity contribution in [2.45, 2.75) is 6.42 Å². The van der Waals surface area contributed by atoms with Crippen molar-refractivity contribution in [3.05, 3.63) is 23.5 Å². The molecular formula is C13H20ClN3O3S. The smallest absolute Gasteiger partial charge is 0.214 e. The summed E-state index contributed by atoms with van der Waals surface area (Å²) in [5.74, 6) is 0.136. The zero-order valence-corrected chi connectivity index (χ0v) is 13.6. The Labute approximate surface area is 130 Å². The van der Waals surface area contributed by atoms with Gasteiger partial charge in [0.1, 0.15) is 0 Å². The van der Waals surface area contributed by atoms with Gasteiger partial charge in [-0.3, -0.25) is 4.98 Å². The maximum Gasteiger partial charge on any atom is 0.214 e. The molecule has 8 heteroatoms. The maximum atomic E-state index is 12.2. The normalized spacial score (nSPS) is 17.1. The fraction of sp³-hybridized carbons (Fsp3) is 0.615. The Bertz CT molecular complexity index is 560. The molecule has 1 aromatic heterocycles. The predicted octanol–water partition coefficient (Wildman–Crippen LogP) is 1.22. The van der Waals surface area contributed by atoms with Gasteiger partial charge in [0.25, 0.3) is 0 Å². The summed E-state index contributed by atoms with van der Waals surface area (Å²) < 4.78 is 30.8. The summed E-state index contributed by atoms with van der Waals surface area (Å²) in [6, 6.07) is 1.85. The number of hydrogen-bond acceptors (Lipinski definition) is 5. The van der Waals surface area contributed by atoms with Gasteiger partial charge < -0.3 is 9.64 Å². The Balaban J connectivity index is 1.93. The highest BCUT2D eigenvalue weighted by molar-refractivity contribution is 7.89. The van der Waals surface area contributed by atoms with Crippen LogP contribution in [-0.2, 0) is 14.8 Å². The summed E-state index contributed by atoms with van der Waals surface area (Å²) >= 11 is 6.12. The van der Waals surface area contributed by atoms with Gasteiger partial charge in [-0.25, -0.2) is 8.42 Å². The molecule has 0 amide bonds. The molecule has 0 N–H and O–H groups in total. The predicted molar refractivity (Wildman–Crippen MR) is 83.3 cm³/mol. The van der Waals surface area contributed by atoms with Gasteiger partial charge in [0.15, 0.2) is 0 Å². The van der Waals surface area contributed by atoms with Crippen LogP contribution in [0.15, 0.2) is 18.5 Å². The minimum atomic E-state index is -3.19. The monoisotopic (exact) mass is 333 g/mol. The van der Waals surface area contributed by atoms with Crippen LogP contribution < -0.4 is 4.90 Å². The lowest BCUT2D eigenvalue weighted by atomic mass is 10.3. The van der Waals surface area contributed by atoms with E-state index in [1.807, 2.05) is 6.07 Å². The molecule has 1 aromatic rings. The standard InChI is InChI=1S/C13H20ClN3O3S/c1-20-9-2-10-21(18,19)17-7-5-16(6-8-17)13-3-4-15-11-12(13)14/h3-4,11H,2,5-10H2,1H3. The molecule has 1 fully saturated rings. The highest BCUT2D eigenvalue weighted by Gasteiger charge is 2.27. The Kier molecular flexibility index (Phi) is 5.80. The number of sulfonamides is 1. The number of hydrogen-bond donors (Lipinski definition) is 0. The molecule has 0 aromatic carbocycles. The summed E-state index contributed by atoms with van der Waals surface area (Å²) in [4.78, 5) is 6.05. The third-order valence-electron chi connectivity index (χ3n) is 3.47. The van der Waals surface area contributed by atoms with E-state index in [1.165, 1.54) is 0 Å². The van der Waals surface area contributed by atoms with Gasteiger partial charge in [-0.1, -0.05) is 11.6 Å². The van der Waals surface area contributed by atoms with Gasteiger partial charge in [0.2, 0.25) is 10.0 Å². The van der Waals surface area contributed by atoms with Gasteiger partial charge in [0, 0.05) is 52.3 Å². The van der Waals surface area contributed by atoms with Crippen molar-refractivity contribution in [3.8, 4) is 0 Å². The number of pyridine rings is 1. The van der Waals surface area contributed by atoms with E-state index in [1.54, 1.807) is 23.8 Å². The first kappa shape index (κ1) is 16.5. The largest absolute Gasteiger partial charge is 0.385 e.